The predicted molar refractivity (Wildman–Crippen MR) is 134 cm³/mol. The third kappa shape index (κ3) is 5.96. The zero-order valence-corrected chi connectivity index (χ0v) is 20.2. The second-order valence-electron chi connectivity index (χ2n) is 7.86. The standard InChI is InChI=1S/C25H30N4O3S/c1-5-19-11-13-20(14-12-19)17(2)26-22(30)15-33-16-23(31)27-24-18(3)28(4)29(25(24)32)21-9-7-6-8-10-21/h6-14,17H,5,15-16H2,1-4H3,(H,26,30)(H,27,31). The molecule has 0 aliphatic carbocycles. The van der Waals surface area contributed by atoms with Crippen molar-refractivity contribution in [3.8, 4) is 5.69 Å². The maximum Gasteiger partial charge on any atom is 0.295 e. The van der Waals surface area contributed by atoms with Crippen molar-refractivity contribution in [2.45, 2.75) is 33.2 Å². The van der Waals surface area contributed by atoms with Crippen LogP contribution < -0.4 is 16.2 Å². The molecule has 0 saturated carbocycles. The Labute approximate surface area is 198 Å². The Bertz CT molecular complexity index is 1170. The maximum atomic E-state index is 12.9. The van der Waals surface area contributed by atoms with Gasteiger partial charge in [-0.25, -0.2) is 4.68 Å². The van der Waals surface area contributed by atoms with Gasteiger partial charge in [0.05, 0.1) is 28.9 Å². The van der Waals surface area contributed by atoms with E-state index in [1.807, 2.05) is 49.4 Å². The number of benzene rings is 2. The summed E-state index contributed by atoms with van der Waals surface area (Å²) < 4.78 is 3.22. The predicted octanol–water partition coefficient (Wildman–Crippen LogP) is 3.60. The fraction of sp³-hybridized carbons (Fsp3) is 0.320. The van der Waals surface area contributed by atoms with E-state index >= 15 is 0 Å². The van der Waals surface area contributed by atoms with E-state index in [9.17, 15) is 14.4 Å². The highest BCUT2D eigenvalue weighted by Crippen LogP contribution is 2.16. The third-order valence-corrected chi connectivity index (χ3v) is 6.48. The molecule has 174 valence electrons. The molecule has 0 radical (unpaired) electrons. The second-order valence-corrected chi connectivity index (χ2v) is 8.85. The van der Waals surface area contributed by atoms with Gasteiger partial charge in [0.1, 0.15) is 5.69 Å². The molecule has 7 nitrogen and oxygen atoms in total. The molecule has 2 aromatic carbocycles. The first-order chi connectivity index (χ1) is 15.8. The number of nitrogens with one attached hydrogen (secondary N) is 2. The molecule has 1 heterocycles. The van der Waals surface area contributed by atoms with Gasteiger partial charge >= 0.3 is 0 Å². The molecule has 0 aliphatic heterocycles. The summed E-state index contributed by atoms with van der Waals surface area (Å²) in [5, 5.41) is 5.67. The summed E-state index contributed by atoms with van der Waals surface area (Å²) in [6.07, 6.45) is 0.975. The molecule has 2 N–H and O–H groups in total. The molecule has 0 fully saturated rings. The van der Waals surface area contributed by atoms with Crippen molar-refractivity contribution in [2.75, 3.05) is 16.8 Å². The van der Waals surface area contributed by atoms with Crippen LogP contribution in [0.4, 0.5) is 5.69 Å². The van der Waals surface area contributed by atoms with Crippen molar-refractivity contribution in [3.63, 3.8) is 0 Å². The highest BCUT2D eigenvalue weighted by molar-refractivity contribution is 8.00. The lowest BCUT2D eigenvalue weighted by Gasteiger charge is -2.14. The Hall–Kier alpha value is -3.26. The van der Waals surface area contributed by atoms with E-state index in [0.717, 1.165) is 17.7 Å². The third-order valence-electron chi connectivity index (χ3n) is 5.55. The van der Waals surface area contributed by atoms with Gasteiger partial charge in [0.2, 0.25) is 11.8 Å². The van der Waals surface area contributed by atoms with E-state index in [1.165, 1.54) is 22.0 Å². The summed E-state index contributed by atoms with van der Waals surface area (Å²) in [7, 11) is 1.77. The Morgan fingerprint density at radius 3 is 2.27 bits per heavy atom. The largest absolute Gasteiger partial charge is 0.349 e. The van der Waals surface area contributed by atoms with Crippen molar-refractivity contribution in [1.82, 2.24) is 14.7 Å². The summed E-state index contributed by atoms with van der Waals surface area (Å²) in [5.74, 6) is -0.219. The SMILES string of the molecule is CCc1ccc(C(C)NC(=O)CSCC(=O)Nc2c(C)n(C)n(-c3ccccc3)c2=O)cc1. The molecule has 3 aromatic rings. The van der Waals surface area contributed by atoms with Crippen LogP contribution in [0.1, 0.15) is 36.7 Å². The first-order valence-corrected chi connectivity index (χ1v) is 12.1. The molecule has 0 aliphatic rings. The zero-order valence-electron chi connectivity index (χ0n) is 19.4. The number of carbonyl (C=O) groups is 2. The molecular weight excluding hydrogens is 436 g/mol. The molecule has 1 aromatic heterocycles. The van der Waals surface area contributed by atoms with Crippen LogP contribution in [0.3, 0.4) is 0 Å². The number of anilines is 1. The number of carbonyl (C=O) groups excluding carboxylic acids is 2. The van der Waals surface area contributed by atoms with Crippen LogP contribution in [-0.4, -0.2) is 32.7 Å². The zero-order chi connectivity index (χ0) is 24.0. The summed E-state index contributed by atoms with van der Waals surface area (Å²) in [6, 6.07) is 17.3. The van der Waals surface area contributed by atoms with Crippen LogP contribution in [0.15, 0.2) is 59.4 Å². The summed E-state index contributed by atoms with van der Waals surface area (Å²) in [5.41, 5.74) is 3.63. The highest BCUT2D eigenvalue weighted by atomic mass is 32.2. The molecule has 8 heteroatoms. The van der Waals surface area contributed by atoms with E-state index in [1.54, 1.807) is 18.7 Å². The van der Waals surface area contributed by atoms with Crippen LogP contribution >= 0.6 is 11.8 Å². The fourth-order valence-corrected chi connectivity index (χ4v) is 4.16. The Balaban J connectivity index is 1.52. The first-order valence-electron chi connectivity index (χ1n) is 10.9. The lowest BCUT2D eigenvalue weighted by Crippen LogP contribution is -2.29. The maximum absolute atomic E-state index is 12.9. The number of thioether (sulfide) groups is 1. The van der Waals surface area contributed by atoms with Crippen LogP contribution in [0.2, 0.25) is 0 Å². The number of aryl methyl sites for hydroxylation is 1. The molecule has 2 amide bonds. The minimum absolute atomic E-state index is 0.0755. The number of aromatic nitrogens is 2. The lowest BCUT2D eigenvalue weighted by atomic mass is 10.1. The number of nitrogens with zero attached hydrogens (tertiary/aromatic N) is 2. The van der Waals surface area contributed by atoms with Crippen molar-refractivity contribution < 1.29 is 9.59 Å². The second kappa shape index (κ2) is 11.0. The smallest absolute Gasteiger partial charge is 0.295 e. The lowest BCUT2D eigenvalue weighted by molar-refractivity contribution is -0.119. The molecule has 1 unspecified atom stereocenters. The summed E-state index contributed by atoms with van der Waals surface area (Å²) >= 11 is 1.21. The monoisotopic (exact) mass is 466 g/mol. The van der Waals surface area contributed by atoms with Gasteiger partial charge in [-0.15, -0.1) is 11.8 Å². The van der Waals surface area contributed by atoms with Crippen LogP contribution in [0.5, 0.6) is 0 Å². The van der Waals surface area contributed by atoms with Gasteiger partial charge in [-0.1, -0.05) is 49.4 Å². The molecule has 0 saturated heterocycles. The minimum Gasteiger partial charge on any atom is -0.349 e. The van der Waals surface area contributed by atoms with Crippen molar-refractivity contribution in [1.29, 1.82) is 0 Å². The first kappa shape index (κ1) is 24.4. The van der Waals surface area contributed by atoms with Crippen LogP contribution in [0, 0.1) is 6.92 Å². The van der Waals surface area contributed by atoms with E-state index in [0.29, 0.717) is 5.69 Å². The van der Waals surface area contributed by atoms with Gasteiger partial charge in [-0.05, 0) is 43.5 Å². The highest BCUT2D eigenvalue weighted by Gasteiger charge is 2.18. The molecule has 0 bridgehead atoms. The van der Waals surface area contributed by atoms with E-state index < -0.39 is 0 Å². The van der Waals surface area contributed by atoms with Crippen LogP contribution in [-0.2, 0) is 23.1 Å². The number of para-hydroxylation sites is 1. The molecule has 3 rings (SSSR count). The van der Waals surface area contributed by atoms with Gasteiger partial charge in [0, 0.05) is 7.05 Å². The number of hydrogen-bond donors (Lipinski definition) is 2. The van der Waals surface area contributed by atoms with Crippen molar-refractivity contribution in [2.24, 2.45) is 7.05 Å². The Morgan fingerprint density at radius 2 is 1.64 bits per heavy atom. The van der Waals surface area contributed by atoms with Gasteiger partial charge in [-0.3, -0.25) is 19.1 Å². The van der Waals surface area contributed by atoms with Gasteiger partial charge < -0.3 is 10.6 Å². The Kier molecular flexibility index (Phi) is 8.16. The molecule has 0 spiro atoms. The average molecular weight is 467 g/mol. The van der Waals surface area contributed by atoms with E-state index in [-0.39, 0.29) is 40.6 Å². The van der Waals surface area contributed by atoms with Crippen molar-refractivity contribution >= 4 is 29.3 Å². The van der Waals surface area contributed by atoms with Crippen LogP contribution in [0.25, 0.3) is 5.69 Å². The fourth-order valence-electron chi connectivity index (χ4n) is 3.53. The summed E-state index contributed by atoms with van der Waals surface area (Å²) in [4.78, 5) is 37.6. The number of hydrogen-bond acceptors (Lipinski definition) is 4. The van der Waals surface area contributed by atoms with E-state index in [4.69, 9.17) is 0 Å². The topological polar surface area (TPSA) is 85.1 Å². The van der Waals surface area contributed by atoms with E-state index in [2.05, 4.69) is 29.7 Å². The average Bonchev–Trinajstić information content (AvgIpc) is 3.02. The quantitative estimate of drug-likeness (QED) is 0.505. The summed E-state index contributed by atoms with van der Waals surface area (Å²) in [6.45, 7) is 5.82. The normalized spacial score (nSPS) is 11.8. The number of amides is 2. The van der Waals surface area contributed by atoms with Crippen molar-refractivity contribution in [3.05, 3.63) is 81.8 Å². The molecule has 1 atom stereocenters. The molecular formula is C25H30N4O3S. The molecule has 33 heavy (non-hydrogen) atoms. The van der Waals surface area contributed by atoms with Gasteiger partial charge in [0.25, 0.3) is 5.56 Å². The minimum atomic E-state index is -0.318. The number of rotatable bonds is 9. The van der Waals surface area contributed by atoms with Gasteiger partial charge in [-0.2, -0.15) is 0 Å². The van der Waals surface area contributed by atoms with Gasteiger partial charge in [0.15, 0.2) is 0 Å². The Morgan fingerprint density at radius 1 is 1.00 bits per heavy atom.